The van der Waals surface area contributed by atoms with E-state index in [0.29, 0.717) is 12.0 Å². The van der Waals surface area contributed by atoms with Gasteiger partial charge in [0.2, 0.25) is 6.41 Å². The first-order chi connectivity index (χ1) is 9.61. The second-order valence-corrected chi connectivity index (χ2v) is 4.19. The summed E-state index contributed by atoms with van der Waals surface area (Å²) in [6.45, 7) is 0.171. The molecular formula is C15H12FNO3. The van der Waals surface area contributed by atoms with E-state index in [1.807, 2.05) is 0 Å². The molecule has 102 valence electrons. The van der Waals surface area contributed by atoms with Gasteiger partial charge in [0.15, 0.2) is 0 Å². The minimum Gasteiger partial charge on any atom is -0.478 e. The molecule has 1 amide bonds. The summed E-state index contributed by atoms with van der Waals surface area (Å²) in [6, 6.07) is 12.1. The van der Waals surface area contributed by atoms with E-state index in [1.54, 1.807) is 24.3 Å². The van der Waals surface area contributed by atoms with Gasteiger partial charge in [-0.3, -0.25) is 4.79 Å². The van der Waals surface area contributed by atoms with Gasteiger partial charge >= 0.3 is 5.97 Å². The Hall–Kier alpha value is -2.69. The van der Waals surface area contributed by atoms with E-state index in [9.17, 15) is 14.0 Å². The van der Waals surface area contributed by atoms with Gasteiger partial charge in [-0.2, -0.15) is 0 Å². The first-order valence-electron chi connectivity index (χ1n) is 5.90. The quantitative estimate of drug-likeness (QED) is 0.852. The summed E-state index contributed by atoms with van der Waals surface area (Å²) in [7, 11) is 0. The van der Waals surface area contributed by atoms with Crippen LogP contribution in [0.4, 0.5) is 10.1 Å². The number of halogens is 1. The maximum absolute atomic E-state index is 13.6. The Kier molecular flexibility index (Phi) is 4.10. The van der Waals surface area contributed by atoms with Crippen molar-refractivity contribution in [3.8, 4) is 0 Å². The van der Waals surface area contributed by atoms with Crippen molar-refractivity contribution in [3.05, 3.63) is 65.5 Å². The summed E-state index contributed by atoms with van der Waals surface area (Å²) in [6.07, 6.45) is 0.545. The maximum atomic E-state index is 13.6. The number of carboxylic acid groups (broad SMARTS) is 1. The molecular weight excluding hydrogens is 261 g/mol. The zero-order valence-corrected chi connectivity index (χ0v) is 10.5. The van der Waals surface area contributed by atoms with Crippen molar-refractivity contribution in [2.75, 3.05) is 4.90 Å². The van der Waals surface area contributed by atoms with Crippen molar-refractivity contribution < 1.29 is 19.1 Å². The molecule has 2 rings (SSSR count). The van der Waals surface area contributed by atoms with Crippen LogP contribution in [0, 0.1) is 5.82 Å². The van der Waals surface area contributed by atoms with Crippen LogP contribution in [0.25, 0.3) is 0 Å². The fraction of sp³-hybridized carbons (Fsp3) is 0.0667. The molecule has 20 heavy (non-hydrogen) atoms. The minimum atomic E-state index is -1.02. The number of benzene rings is 2. The SMILES string of the molecule is O=CN(Cc1ccc(C(=O)O)cc1)c1ccccc1F. The molecule has 4 nitrogen and oxygen atoms in total. The van der Waals surface area contributed by atoms with E-state index < -0.39 is 11.8 Å². The number of hydrogen-bond donors (Lipinski definition) is 1. The lowest BCUT2D eigenvalue weighted by Crippen LogP contribution is -2.21. The van der Waals surface area contributed by atoms with Crippen molar-refractivity contribution in [2.45, 2.75) is 6.54 Å². The van der Waals surface area contributed by atoms with Crippen LogP contribution in [0.1, 0.15) is 15.9 Å². The van der Waals surface area contributed by atoms with E-state index in [0.717, 1.165) is 0 Å². The van der Waals surface area contributed by atoms with Gasteiger partial charge in [0, 0.05) is 0 Å². The Labute approximate surface area is 115 Å². The lowest BCUT2D eigenvalue weighted by molar-refractivity contribution is -0.107. The van der Waals surface area contributed by atoms with E-state index in [-0.39, 0.29) is 17.8 Å². The maximum Gasteiger partial charge on any atom is 0.335 e. The van der Waals surface area contributed by atoms with Crippen molar-refractivity contribution in [1.29, 1.82) is 0 Å². The molecule has 0 aliphatic heterocycles. The summed E-state index contributed by atoms with van der Waals surface area (Å²) in [4.78, 5) is 23.1. The predicted octanol–water partition coefficient (Wildman–Crippen LogP) is 2.69. The van der Waals surface area contributed by atoms with Crippen LogP contribution in [-0.4, -0.2) is 17.5 Å². The number of para-hydroxylation sites is 1. The predicted molar refractivity (Wildman–Crippen MR) is 72.0 cm³/mol. The Morgan fingerprint density at radius 1 is 1.15 bits per heavy atom. The summed E-state index contributed by atoms with van der Waals surface area (Å²) in [5.74, 6) is -1.50. The van der Waals surface area contributed by atoms with Gasteiger partial charge in [-0.1, -0.05) is 24.3 Å². The smallest absolute Gasteiger partial charge is 0.335 e. The number of anilines is 1. The van der Waals surface area contributed by atoms with Crippen molar-refractivity contribution in [2.24, 2.45) is 0 Å². The molecule has 0 fully saturated rings. The summed E-state index contributed by atoms with van der Waals surface area (Å²) >= 11 is 0. The molecule has 0 aromatic heterocycles. The zero-order valence-electron chi connectivity index (χ0n) is 10.5. The molecule has 0 radical (unpaired) electrons. The molecule has 0 atom stereocenters. The second-order valence-electron chi connectivity index (χ2n) is 4.19. The van der Waals surface area contributed by atoms with Gasteiger partial charge in [0.25, 0.3) is 0 Å². The number of carbonyl (C=O) groups is 2. The van der Waals surface area contributed by atoms with Crippen LogP contribution < -0.4 is 4.90 Å². The van der Waals surface area contributed by atoms with Crippen LogP contribution in [0.15, 0.2) is 48.5 Å². The number of aromatic carboxylic acids is 1. The third-order valence-electron chi connectivity index (χ3n) is 2.84. The Morgan fingerprint density at radius 2 is 1.80 bits per heavy atom. The fourth-order valence-electron chi connectivity index (χ4n) is 1.81. The number of carbonyl (C=O) groups excluding carboxylic acids is 1. The number of amides is 1. The highest BCUT2D eigenvalue weighted by molar-refractivity contribution is 5.87. The van der Waals surface area contributed by atoms with Crippen LogP contribution in [0.5, 0.6) is 0 Å². The Morgan fingerprint density at radius 3 is 2.35 bits per heavy atom. The largest absolute Gasteiger partial charge is 0.478 e. The number of hydrogen-bond acceptors (Lipinski definition) is 2. The topological polar surface area (TPSA) is 57.6 Å². The highest BCUT2D eigenvalue weighted by atomic mass is 19.1. The molecule has 5 heteroatoms. The lowest BCUT2D eigenvalue weighted by Gasteiger charge is -2.18. The molecule has 0 spiro atoms. The average Bonchev–Trinajstić information content (AvgIpc) is 2.46. The van der Waals surface area contributed by atoms with Gasteiger partial charge in [-0.15, -0.1) is 0 Å². The highest BCUT2D eigenvalue weighted by Gasteiger charge is 2.11. The first kappa shape index (κ1) is 13.7. The highest BCUT2D eigenvalue weighted by Crippen LogP contribution is 2.19. The van der Waals surface area contributed by atoms with Gasteiger partial charge in [-0.25, -0.2) is 9.18 Å². The van der Waals surface area contributed by atoms with E-state index in [4.69, 9.17) is 5.11 Å². The summed E-state index contributed by atoms with van der Waals surface area (Å²) in [5.41, 5.74) is 1.06. The summed E-state index contributed by atoms with van der Waals surface area (Å²) in [5, 5.41) is 8.80. The van der Waals surface area contributed by atoms with Gasteiger partial charge in [0.05, 0.1) is 17.8 Å². The zero-order chi connectivity index (χ0) is 14.5. The molecule has 1 N–H and O–H groups in total. The van der Waals surface area contributed by atoms with E-state index >= 15 is 0 Å². The van der Waals surface area contributed by atoms with Gasteiger partial charge < -0.3 is 10.0 Å². The molecule has 0 unspecified atom stereocenters. The third-order valence-corrected chi connectivity index (χ3v) is 2.84. The van der Waals surface area contributed by atoms with Gasteiger partial charge in [-0.05, 0) is 29.8 Å². The fourth-order valence-corrected chi connectivity index (χ4v) is 1.81. The van der Waals surface area contributed by atoms with Crippen LogP contribution in [0.3, 0.4) is 0 Å². The lowest BCUT2D eigenvalue weighted by atomic mass is 10.1. The average molecular weight is 273 g/mol. The Bertz CT molecular complexity index is 625. The summed E-state index contributed by atoms with van der Waals surface area (Å²) < 4.78 is 13.6. The molecule has 0 bridgehead atoms. The second kappa shape index (κ2) is 5.97. The molecule has 0 aliphatic carbocycles. The number of carboxylic acids is 1. The normalized spacial score (nSPS) is 10.1. The van der Waals surface area contributed by atoms with Gasteiger partial charge in [0.1, 0.15) is 5.82 Å². The molecule has 0 aliphatic rings. The number of nitrogens with zero attached hydrogens (tertiary/aromatic N) is 1. The standard InChI is InChI=1S/C15H12FNO3/c16-13-3-1-2-4-14(13)17(10-18)9-11-5-7-12(8-6-11)15(19)20/h1-8,10H,9H2,(H,19,20). The third kappa shape index (κ3) is 3.00. The van der Waals surface area contributed by atoms with Crippen molar-refractivity contribution >= 4 is 18.1 Å². The monoisotopic (exact) mass is 273 g/mol. The van der Waals surface area contributed by atoms with Crippen molar-refractivity contribution in [3.63, 3.8) is 0 Å². The Balaban J connectivity index is 2.20. The van der Waals surface area contributed by atoms with Crippen molar-refractivity contribution in [1.82, 2.24) is 0 Å². The van der Waals surface area contributed by atoms with Crippen LogP contribution in [-0.2, 0) is 11.3 Å². The van der Waals surface area contributed by atoms with E-state index in [2.05, 4.69) is 0 Å². The molecule has 0 saturated heterocycles. The molecule has 2 aromatic rings. The number of rotatable bonds is 5. The minimum absolute atomic E-state index is 0.164. The van der Waals surface area contributed by atoms with E-state index in [1.165, 1.54) is 29.2 Å². The first-order valence-corrected chi connectivity index (χ1v) is 5.90. The van der Waals surface area contributed by atoms with Crippen LogP contribution in [0.2, 0.25) is 0 Å². The molecule has 0 saturated carbocycles. The molecule has 2 aromatic carbocycles. The molecule has 0 heterocycles. The van der Waals surface area contributed by atoms with Crippen LogP contribution >= 0.6 is 0 Å².